The van der Waals surface area contributed by atoms with Crippen molar-refractivity contribution in [3.8, 4) is 0 Å². The summed E-state index contributed by atoms with van der Waals surface area (Å²) in [6, 6.07) is 0. The van der Waals surface area contributed by atoms with Gasteiger partial charge < -0.3 is 0 Å². The van der Waals surface area contributed by atoms with E-state index in [1.54, 1.807) is 0 Å². The van der Waals surface area contributed by atoms with Crippen LogP contribution in [0.3, 0.4) is 0 Å². The fourth-order valence-corrected chi connectivity index (χ4v) is 0.592. The van der Waals surface area contributed by atoms with Crippen molar-refractivity contribution in [1.82, 2.24) is 0 Å². The van der Waals surface area contributed by atoms with Gasteiger partial charge in [0.25, 0.3) is 0 Å². The summed E-state index contributed by atoms with van der Waals surface area (Å²) >= 11 is 0. The number of hydrogen-bond acceptors (Lipinski definition) is 2. The summed E-state index contributed by atoms with van der Waals surface area (Å²) < 4.78 is 10.0. The molecule has 1 rings (SSSR count). The van der Waals surface area contributed by atoms with E-state index in [0.717, 1.165) is 0 Å². The molecule has 0 aliphatic carbocycles. The molecule has 0 aromatic carbocycles. The lowest BCUT2D eigenvalue weighted by atomic mass is 11.1. The Morgan fingerprint density at radius 2 is 2.50 bits per heavy atom. The van der Waals surface area contributed by atoms with Crippen molar-refractivity contribution in [2.45, 2.75) is 0 Å². The number of rotatable bonds is 0. The fourth-order valence-electron chi connectivity index (χ4n) is 0.197. The first kappa shape index (κ1) is 3.62. The van der Waals surface area contributed by atoms with Crippen LogP contribution in [0, 0.1) is 0 Å². The minimum Gasteiger partial charge on any atom is -0.111 e. The van der Waals surface area contributed by atoms with Crippen molar-refractivity contribution in [3.05, 3.63) is 12.0 Å². The smallest absolute Gasteiger partial charge is 0.111 e. The van der Waals surface area contributed by atoms with Crippen LogP contribution < -0.4 is 0 Å². The largest absolute Gasteiger partial charge is 0.538 e. The molecule has 3 nitrogen and oxygen atoms in total. The molecule has 0 aromatic rings. The maximum atomic E-state index is 10.0. The van der Waals surface area contributed by atoms with E-state index in [0.29, 0.717) is 0 Å². The lowest BCUT2D eigenvalue weighted by Crippen LogP contribution is -1.24. The van der Waals surface area contributed by atoms with E-state index in [1.807, 2.05) is 0 Å². The maximum absolute atomic E-state index is 10.0. The molecule has 1 unspecified atom stereocenters. The molecule has 0 aromatic heterocycles. The van der Waals surface area contributed by atoms with Gasteiger partial charge in [-0.05, 0) is 4.57 Å². The molecule has 0 saturated heterocycles. The molecule has 0 N–H and O–H groups in total. The van der Waals surface area contributed by atoms with Gasteiger partial charge in [-0.3, -0.25) is 0 Å². The van der Waals surface area contributed by atoms with E-state index >= 15 is 0 Å². The molecule has 4 heteroatoms. The highest BCUT2D eigenvalue weighted by Crippen LogP contribution is 2.28. The molecule has 0 fully saturated rings. The Bertz CT molecular complexity index is 114. The predicted molar refractivity (Wildman–Crippen MR) is 21.6 cm³/mol. The molecule has 0 radical (unpaired) electrons. The first-order chi connectivity index (χ1) is 2.89. The third-order valence-corrected chi connectivity index (χ3v) is 1.07. The average Bonchev–Trinajstić information content (AvgIpc) is 1.86. The summed E-state index contributed by atoms with van der Waals surface area (Å²) in [6.07, 6.45) is 1.43. The van der Waals surface area contributed by atoms with Crippen LogP contribution in [0.15, 0.2) is 22.0 Å². The van der Waals surface area contributed by atoms with Crippen LogP contribution in [-0.2, 0) is 4.57 Å². The van der Waals surface area contributed by atoms with Crippen LogP contribution in [0.2, 0.25) is 0 Å². The zero-order valence-corrected chi connectivity index (χ0v) is 3.80. The highest BCUT2D eigenvalue weighted by atomic mass is 31.1. The van der Waals surface area contributed by atoms with Crippen molar-refractivity contribution < 1.29 is 4.57 Å². The molecule has 0 bridgehead atoms. The van der Waals surface area contributed by atoms with Gasteiger partial charge in [0.15, 0.2) is 0 Å². The van der Waals surface area contributed by atoms with Crippen molar-refractivity contribution in [3.63, 3.8) is 0 Å². The van der Waals surface area contributed by atoms with Crippen LogP contribution in [-0.4, -0.2) is 0 Å². The first-order valence-electron chi connectivity index (χ1n) is 1.43. The number of hydrogen-bond donors (Lipinski definition) is 0. The topological polar surface area (TPSA) is 41.8 Å². The summed E-state index contributed by atoms with van der Waals surface area (Å²) in [5, 5.41) is 3.33. The summed E-state index contributed by atoms with van der Waals surface area (Å²) in [5.41, 5.74) is 0. The Morgan fingerprint density at radius 1 is 1.67 bits per heavy atom. The van der Waals surface area contributed by atoms with Gasteiger partial charge in [-0.25, -0.2) is 0 Å². The summed E-state index contributed by atoms with van der Waals surface area (Å²) in [4.78, 5) is 3.26. The Hall–Kier alpha value is -0.560. The summed E-state index contributed by atoms with van der Waals surface area (Å²) in [6.45, 7) is 0. The van der Waals surface area contributed by atoms with E-state index in [2.05, 4.69) is 10.00 Å². The Balaban J connectivity index is 2.86. The zero-order valence-electron chi connectivity index (χ0n) is 2.90. The molecule has 1 atom stereocenters. The summed E-state index contributed by atoms with van der Waals surface area (Å²) in [5.74, 6) is 1.45. The van der Waals surface area contributed by atoms with Crippen molar-refractivity contribution in [1.29, 1.82) is 0 Å². The SMILES string of the molecule is O=[P+]1C=CN=N1. The minimum absolute atomic E-state index is 1.43. The first-order valence-corrected chi connectivity index (χ1v) is 2.71. The molecule has 1 heterocycles. The van der Waals surface area contributed by atoms with E-state index in [-0.39, 0.29) is 0 Å². The number of nitrogens with zero attached hydrogens (tertiary/aromatic N) is 2. The Morgan fingerprint density at radius 3 is 2.67 bits per heavy atom. The Labute approximate surface area is 35.6 Å². The molecule has 0 saturated carbocycles. The summed E-state index contributed by atoms with van der Waals surface area (Å²) in [7, 11) is -1.44. The third kappa shape index (κ3) is 0.494. The average molecular weight is 101 g/mol. The molecular weight excluding hydrogens is 99.0 g/mol. The van der Waals surface area contributed by atoms with Crippen LogP contribution in [0.25, 0.3) is 0 Å². The lowest BCUT2D eigenvalue weighted by Gasteiger charge is -1.40. The normalized spacial score (nSPS) is 23.0. The minimum atomic E-state index is -1.44. The van der Waals surface area contributed by atoms with Gasteiger partial charge in [0.1, 0.15) is 6.20 Å². The van der Waals surface area contributed by atoms with Gasteiger partial charge in [0.05, 0.1) is 4.88 Å². The maximum Gasteiger partial charge on any atom is 0.538 e. The second kappa shape index (κ2) is 1.27. The van der Waals surface area contributed by atoms with Crippen molar-refractivity contribution in [2.24, 2.45) is 10.00 Å². The lowest BCUT2D eigenvalue weighted by molar-refractivity contribution is 0.593. The quantitative estimate of drug-likeness (QED) is 0.428. The van der Waals surface area contributed by atoms with Gasteiger partial charge >= 0.3 is 7.95 Å². The van der Waals surface area contributed by atoms with Gasteiger partial charge in [-0.15, -0.1) is 5.11 Å². The van der Waals surface area contributed by atoms with E-state index in [9.17, 15) is 4.57 Å². The van der Waals surface area contributed by atoms with E-state index < -0.39 is 7.95 Å². The van der Waals surface area contributed by atoms with Crippen molar-refractivity contribution >= 4 is 7.95 Å². The Kier molecular flexibility index (Phi) is 0.765. The van der Waals surface area contributed by atoms with Crippen LogP contribution in [0.1, 0.15) is 0 Å². The van der Waals surface area contributed by atoms with Crippen LogP contribution >= 0.6 is 7.95 Å². The van der Waals surface area contributed by atoms with Crippen LogP contribution in [0.4, 0.5) is 0 Å². The van der Waals surface area contributed by atoms with E-state index in [4.69, 9.17) is 0 Å². The standard InChI is InChI=1S/C2H2N2OP/c5-6-2-1-3-4-6/h1-2H/q+1. The van der Waals surface area contributed by atoms with E-state index in [1.165, 1.54) is 12.0 Å². The predicted octanol–water partition coefficient (Wildman–Crippen LogP) is 1.67. The third-order valence-electron chi connectivity index (χ3n) is 0.401. The van der Waals surface area contributed by atoms with Gasteiger partial charge in [-0.1, -0.05) is 0 Å². The fraction of sp³-hybridized carbons (Fsp3) is 0. The van der Waals surface area contributed by atoms with Gasteiger partial charge in [0, 0.05) is 0 Å². The molecule has 1 aliphatic rings. The van der Waals surface area contributed by atoms with Gasteiger partial charge in [-0.2, -0.15) is 0 Å². The molecule has 0 amide bonds. The molecule has 6 heavy (non-hydrogen) atoms. The molecule has 1 aliphatic heterocycles. The van der Waals surface area contributed by atoms with Crippen molar-refractivity contribution in [2.75, 3.05) is 0 Å². The second-order valence-corrected chi connectivity index (χ2v) is 1.89. The second-order valence-electron chi connectivity index (χ2n) is 0.806. The van der Waals surface area contributed by atoms with Crippen LogP contribution in [0.5, 0.6) is 0 Å². The zero-order chi connectivity index (χ0) is 4.41. The monoisotopic (exact) mass is 101 g/mol. The molecular formula is C2H2N2OP+. The highest BCUT2D eigenvalue weighted by molar-refractivity contribution is 7.46. The van der Waals surface area contributed by atoms with Gasteiger partial charge in [0.2, 0.25) is 5.82 Å². The highest BCUT2D eigenvalue weighted by Gasteiger charge is 2.11. The molecule has 30 valence electrons. The molecule has 0 spiro atoms.